The number of aromatic nitrogens is 3. The van der Waals surface area contributed by atoms with E-state index in [2.05, 4.69) is 15.4 Å². The van der Waals surface area contributed by atoms with Gasteiger partial charge in [-0.1, -0.05) is 0 Å². The maximum Gasteiger partial charge on any atom is 0.270 e. The zero-order valence-corrected chi connectivity index (χ0v) is 12.3. The lowest BCUT2D eigenvalue weighted by atomic mass is 10.1. The molecule has 0 aliphatic carbocycles. The number of rotatable bonds is 4. The second-order valence-corrected chi connectivity index (χ2v) is 5.15. The van der Waals surface area contributed by atoms with Crippen molar-refractivity contribution in [3.05, 3.63) is 58.0 Å². The number of nitrogens with zero attached hydrogens (tertiary/aromatic N) is 4. The van der Waals surface area contributed by atoms with E-state index in [1.165, 1.54) is 6.07 Å². The van der Waals surface area contributed by atoms with Gasteiger partial charge in [0, 0.05) is 54.3 Å². The summed E-state index contributed by atoms with van der Waals surface area (Å²) in [5.74, 6) is 0. The molecule has 0 saturated heterocycles. The molecule has 0 amide bonds. The van der Waals surface area contributed by atoms with Gasteiger partial charge in [-0.2, -0.15) is 5.10 Å². The molecule has 0 saturated carbocycles. The lowest BCUT2D eigenvalue weighted by Crippen LogP contribution is -2.01. The highest BCUT2D eigenvalue weighted by Gasteiger charge is 2.11. The third kappa shape index (κ3) is 2.73. The average Bonchev–Trinajstić information content (AvgIpc) is 2.89. The van der Waals surface area contributed by atoms with Crippen LogP contribution in [0.2, 0.25) is 0 Å². The Kier molecular flexibility index (Phi) is 3.46. The Hall–Kier alpha value is -2.96. The van der Waals surface area contributed by atoms with E-state index in [4.69, 9.17) is 0 Å². The molecule has 2 aromatic heterocycles. The number of nitro groups is 1. The summed E-state index contributed by atoms with van der Waals surface area (Å²) in [7, 11) is 1.86. The second-order valence-electron chi connectivity index (χ2n) is 5.15. The van der Waals surface area contributed by atoms with Gasteiger partial charge in [-0.05, 0) is 19.1 Å². The van der Waals surface area contributed by atoms with Crippen LogP contribution >= 0.6 is 0 Å². The van der Waals surface area contributed by atoms with Crippen LogP contribution in [0.15, 0.2) is 36.7 Å². The third-order valence-electron chi connectivity index (χ3n) is 3.37. The quantitative estimate of drug-likeness (QED) is 0.591. The molecule has 2 heterocycles. The molecule has 0 bridgehead atoms. The third-order valence-corrected chi connectivity index (χ3v) is 3.37. The summed E-state index contributed by atoms with van der Waals surface area (Å²) in [6.07, 6.45) is 3.71. The fourth-order valence-corrected chi connectivity index (χ4v) is 2.37. The number of hydrogen-bond donors (Lipinski definition) is 1. The minimum atomic E-state index is -0.399. The number of pyridine rings is 1. The summed E-state index contributed by atoms with van der Waals surface area (Å²) >= 11 is 0. The highest BCUT2D eigenvalue weighted by Crippen LogP contribution is 2.27. The van der Waals surface area contributed by atoms with E-state index in [-0.39, 0.29) is 5.69 Å². The van der Waals surface area contributed by atoms with Gasteiger partial charge in [0.15, 0.2) is 0 Å². The van der Waals surface area contributed by atoms with E-state index in [0.29, 0.717) is 6.54 Å². The molecule has 3 aromatic rings. The first kappa shape index (κ1) is 14.0. The summed E-state index contributed by atoms with van der Waals surface area (Å²) in [5, 5.41) is 19.1. The molecule has 0 fully saturated rings. The Morgan fingerprint density at radius 1 is 1.36 bits per heavy atom. The van der Waals surface area contributed by atoms with Crippen molar-refractivity contribution >= 4 is 22.3 Å². The first-order chi connectivity index (χ1) is 10.5. The van der Waals surface area contributed by atoms with Crippen LogP contribution in [0.25, 0.3) is 10.9 Å². The van der Waals surface area contributed by atoms with E-state index in [1.807, 2.05) is 26.2 Å². The topological polar surface area (TPSA) is 85.9 Å². The molecule has 0 atom stereocenters. The van der Waals surface area contributed by atoms with Gasteiger partial charge in [-0.3, -0.25) is 19.8 Å². The molecule has 7 heteroatoms. The SMILES string of the molecule is Cc1cc(NCc2cnn(C)c2)c2cc([N+](=O)[O-])ccc2n1. The van der Waals surface area contributed by atoms with Crippen molar-refractivity contribution in [3.63, 3.8) is 0 Å². The van der Waals surface area contributed by atoms with Gasteiger partial charge in [-0.25, -0.2) is 0 Å². The first-order valence-electron chi connectivity index (χ1n) is 6.80. The molecular weight excluding hydrogens is 282 g/mol. The number of anilines is 1. The summed E-state index contributed by atoms with van der Waals surface area (Å²) < 4.78 is 1.73. The van der Waals surface area contributed by atoms with Crippen LogP contribution in [0.1, 0.15) is 11.3 Å². The molecule has 0 aliphatic rings. The molecule has 1 aromatic carbocycles. The van der Waals surface area contributed by atoms with Gasteiger partial charge in [0.2, 0.25) is 0 Å². The van der Waals surface area contributed by atoms with E-state index in [9.17, 15) is 10.1 Å². The number of nitro benzene ring substituents is 1. The largest absolute Gasteiger partial charge is 0.380 e. The van der Waals surface area contributed by atoms with Crippen LogP contribution in [-0.4, -0.2) is 19.7 Å². The Morgan fingerprint density at radius 3 is 2.86 bits per heavy atom. The molecule has 112 valence electrons. The predicted octanol–water partition coefficient (Wildman–Crippen LogP) is 2.80. The molecule has 0 unspecified atom stereocenters. The summed E-state index contributed by atoms with van der Waals surface area (Å²) in [4.78, 5) is 15.0. The highest BCUT2D eigenvalue weighted by atomic mass is 16.6. The van der Waals surface area contributed by atoms with Gasteiger partial charge in [0.1, 0.15) is 0 Å². The second kappa shape index (κ2) is 5.44. The van der Waals surface area contributed by atoms with E-state index in [1.54, 1.807) is 23.0 Å². The zero-order chi connectivity index (χ0) is 15.7. The van der Waals surface area contributed by atoms with Crippen LogP contribution in [-0.2, 0) is 13.6 Å². The van der Waals surface area contributed by atoms with Crippen molar-refractivity contribution < 1.29 is 4.92 Å². The fourth-order valence-electron chi connectivity index (χ4n) is 2.37. The minimum absolute atomic E-state index is 0.0579. The van der Waals surface area contributed by atoms with Crippen molar-refractivity contribution in [2.45, 2.75) is 13.5 Å². The fraction of sp³-hybridized carbons (Fsp3) is 0.200. The van der Waals surface area contributed by atoms with Gasteiger partial charge in [0.25, 0.3) is 5.69 Å². The monoisotopic (exact) mass is 297 g/mol. The predicted molar refractivity (Wildman–Crippen MR) is 83.7 cm³/mol. The Morgan fingerprint density at radius 2 is 2.18 bits per heavy atom. The molecule has 0 aliphatic heterocycles. The molecule has 0 radical (unpaired) electrons. The lowest BCUT2D eigenvalue weighted by Gasteiger charge is -2.10. The van der Waals surface area contributed by atoms with Gasteiger partial charge < -0.3 is 5.32 Å². The van der Waals surface area contributed by atoms with E-state index < -0.39 is 4.92 Å². The van der Waals surface area contributed by atoms with Gasteiger partial charge in [-0.15, -0.1) is 0 Å². The van der Waals surface area contributed by atoms with Crippen molar-refractivity contribution in [1.29, 1.82) is 0 Å². The van der Waals surface area contributed by atoms with Crippen LogP contribution in [0.3, 0.4) is 0 Å². The minimum Gasteiger partial charge on any atom is -0.380 e. The van der Waals surface area contributed by atoms with Crippen molar-refractivity contribution in [2.24, 2.45) is 7.05 Å². The smallest absolute Gasteiger partial charge is 0.270 e. The maximum absolute atomic E-state index is 11.0. The maximum atomic E-state index is 11.0. The molecule has 0 spiro atoms. The van der Waals surface area contributed by atoms with Crippen molar-refractivity contribution in [2.75, 3.05) is 5.32 Å². The van der Waals surface area contributed by atoms with Crippen molar-refractivity contribution in [1.82, 2.24) is 14.8 Å². The number of hydrogen-bond acceptors (Lipinski definition) is 5. The van der Waals surface area contributed by atoms with Crippen LogP contribution in [0.5, 0.6) is 0 Å². The lowest BCUT2D eigenvalue weighted by molar-refractivity contribution is -0.384. The average molecular weight is 297 g/mol. The van der Waals surface area contributed by atoms with Gasteiger partial charge in [0.05, 0.1) is 16.6 Å². The summed E-state index contributed by atoms with van der Waals surface area (Å²) in [6, 6.07) is 6.59. The summed E-state index contributed by atoms with van der Waals surface area (Å²) in [6.45, 7) is 2.49. The van der Waals surface area contributed by atoms with Crippen LogP contribution < -0.4 is 5.32 Å². The number of fused-ring (bicyclic) bond motifs is 1. The standard InChI is InChI=1S/C15H15N5O2/c1-10-5-15(16-7-11-8-17-19(2)9-11)13-6-12(20(21)22)3-4-14(13)18-10/h3-6,8-9H,7H2,1-2H3,(H,16,18). The summed E-state index contributed by atoms with van der Waals surface area (Å²) in [5.41, 5.74) is 3.52. The Balaban J connectivity index is 1.99. The molecule has 3 rings (SSSR count). The zero-order valence-electron chi connectivity index (χ0n) is 12.3. The molecule has 22 heavy (non-hydrogen) atoms. The number of nitrogens with one attached hydrogen (secondary N) is 1. The number of aryl methyl sites for hydroxylation is 2. The van der Waals surface area contributed by atoms with E-state index in [0.717, 1.165) is 27.8 Å². The highest BCUT2D eigenvalue weighted by molar-refractivity contribution is 5.93. The normalized spacial score (nSPS) is 10.8. The first-order valence-corrected chi connectivity index (χ1v) is 6.80. The molecule has 7 nitrogen and oxygen atoms in total. The van der Waals surface area contributed by atoms with Crippen molar-refractivity contribution in [3.8, 4) is 0 Å². The van der Waals surface area contributed by atoms with E-state index >= 15 is 0 Å². The number of non-ortho nitro benzene ring substituents is 1. The number of benzene rings is 1. The molecular formula is C15H15N5O2. The Labute approximate surface area is 126 Å². The van der Waals surface area contributed by atoms with Gasteiger partial charge >= 0.3 is 0 Å². The Bertz CT molecular complexity index is 856. The van der Waals surface area contributed by atoms with Crippen LogP contribution in [0, 0.1) is 17.0 Å². The molecule has 1 N–H and O–H groups in total. The van der Waals surface area contributed by atoms with Crippen LogP contribution in [0.4, 0.5) is 11.4 Å².